The monoisotopic (exact) mass is 310 g/mol. The second-order valence-corrected chi connectivity index (χ2v) is 6.35. The molecule has 20 heavy (non-hydrogen) atoms. The molecule has 0 bridgehead atoms. The zero-order chi connectivity index (χ0) is 15.6. The van der Waals surface area contributed by atoms with Gasteiger partial charge in [-0.25, -0.2) is 4.98 Å². The van der Waals surface area contributed by atoms with Gasteiger partial charge in [0.2, 0.25) is 0 Å². The number of nitrogens with zero attached hydrogens (tertiary/aromatic N) is 1. The Morgan fingerprint density at radius 2 is 1.90 bits per heavy atom. The smallest absolute Gasteiger partial charge is 0.369 e. The number of ether oxygens (including phenoxy) is 1. The number of halogens is 3. The minimum atomic E-state index is -4.44. The van der Waals surface area contributed by atoms with E-state index in [0.717, 1.165) is 11.3 Å². The van der Waals surface area contributed by atoms with Gasteiger partial charge in [0.05, 0.1) is 4.88 Å². The summed E-state index contributed by atoms with van der Waals surface area (Å²) in [5.41, 5.74) is -1.62. The molecule has 0 atom stereocenters. The molecule has 1 aromatic heterocycles. The van der Waals surface area contributed by atoms with E-state index in [1.165, 1.54) is 0 Å². The summed E-state index contributed by atoms with van der Waals surface area (Å²) in [6.45, 7) is 9.63. The van der Waals surface area contributed by atoms with Crippen molar-refractivity contribution in [3.05, 3.63) is 15.6 Å². The van der Waals surface area contributed by atoms with Crippen molar-refractivity contribution < 1.29 is 17.9 Å². The van der Waals surface area contributed by atoms with Crippen LogP contribution in [0.4, 0.5) is 13.2 Å². The molecule has 1 heterocycles. The average molecular weight is 310 g/mol. The fraction of sp³-hybridized carbons (Fsp3) is 0.769. The van der Waals surface area contributed by atoms with E-state index >= 15 is 0 Å². The summed E-state index contributed by atoms with van der Waals surface area (Å²) in [5.74, 6) is 0. The first-order chi connectivity index (χ1) is 9.08. The Hall–Kier alpha value is -0.660. The maximum absolute atomic E-state index is 13.0. The summed E-state index contributed by atoms with van der Waals surface area (Å²) in [7, 11) is 0. The third-order valence-corrected chi connectivity index (χ3v) is 4.02. The molecule has 1 rings (SSSR count). The molecule has 0 amide bonds. The lowest BCUT2D eigenvalue weighted by Crippen LogP contribution is -2.23. The van der Waals surface area contributed by atoms with Gasteiger partial charge in [-0.05, 0) is 20.8 Å². The Balaban J connectivity index is 3.12. The molecule has 0 aliphatic rings. The number of hydrogen-bond acceptors (Lipinski definition) is 4. The van der Waals surface area contributed by atoms with Gasteiger partial charge in [-0.1, -0.05) is 13.8 Å². The molecule has 116 valence electrons. The predicted molar refractivity (Wildman–Crippen MR) is 73.7 cm³/mol. The quantitative estimate of drug-likeness (QED) is 0.864. The largest absolute Gasteiger partial charge is 0.434 e. The zero-order valence-corrected chi connectivity index (χ0v) is 13.2. The molecule has 0 fully saturated rings. The molecule has 0 unspecified atom stereocenters. The summed E-state index contributed by atoms with van der Waals surface area (Å²) >= 11 is 1.06. The van der Waals surface area contributed by atoms with Crippen LogP contribution in [0, 0.1) is 0 Å². The van der Waals surface area contributed by atoms with Crippen LogP contribution >= 0.6 is 11.3 Å². The van der Waals surface area contributed by atoms with Gasteiger partial charge in [-0.3, -0.25) is 0 Å². The lowest BCUT2D eigenvalue weighted by molar-refractivity contribution is -0.141. The second-order valence-electron chi connectivity index (χ2n) is 5.27. The first-order valence-electron chi connectivity index (χ1n) is 6.52. The topological polar surface area (TPSA) is 34.1 Å². The van der Waals surface area contributed by atoms with Crippen molar-refractivity contribution in [1.29, 1.82) is 0 Å². The van der Waals surface area contributed by atoms with Crippen LogP contribution in [-0.2, 0) is 23.1 Å². The number of alkyl halides is 3. The van der Waals surface area contributed by atoms with Gasteiger partial charge in [0, 0.05) is 19.2 Å². The van der Waals surface area contributed by atoms with Crippen LogP contribution in [0.1, 0.15) is 50.2 Å². The highest BCUT2D eigenvalue weighted by Crippen LogP contribution is 2.38. The second kappa shape index (κ2) is 6.41. The Labute approximate surface area is 121 Å². The number of aromatic nitrogens is 1. The number of nitrogens with one attached hydrogen (secondary N) is 1. The predicted octanol–water partition coefficient (Wildman–Crippen LogP) is 3.93. The van der Waals surface area contributed by atoms with Gasteiger partial charge < -0.3 is 10.1 Å². The Kier molecular flexibility index (Phi) is 5.57. The van der Waals surface area contributed by atoms with E-state index in [2.05, 4.69) is 10.3 Å². The van der Waals surface area contributed by atoms with Crippen molar-refractivity contribution in [3.8, 4) is 0 Å². The number of hydrogen-bond donors (Lipinski definition) is 1. The summed E-state index contributed by atoms with van der Waals surface area (Å²) < 4.78 is 44.6. The summed E-state index contributed by atoms with van der Waals surface area (Å²) in [6, 6.07) is 0.113. The lowest BCUT2D eigenvalue weighted by Gasteiger charge is -2.21. The highest BCUT2D eigenvalue weighted by Gasteiger charge is 2.39. The van der Waals surface area contributed by atoms with Crippen molar-refractivity contribution >= 4 is 11.3 Å². The third kappa shape index (κ3) is 4.43. The Morgan fingerprint density at radius 3 is 2.35 bits per heavy atom. The molecule has 0 aliphatic carbocycles. The van der Waals surface area contributed by atoms with Crippen LogP contribution in [0.25, 0.3) is 0 Å². The average Bonchev–Trinajstić information content (AvgIpc) is 2.70. The first-order valence-corrected chi connectivity index (χ1v) is 7.34. The van der Waals surface area contributed by atoms with E-state index in [1.807, 2.05) is 13.8 Å². The SMILES string of the molecule is CCOC(C)(C)c1nc(C(F)(F)F)c(CNC(C)C)s1. The van der Waals surface area contributed by atoms with Gasteiger partial charge >= 0.3 is 6.18 Å². The zero-order valence-electron chi connectivity index (χ0n) is 12.4. The van der Waals surface area contributed by atoms with Crippen LogP contribution in [0.3, 0.4) is 0 Å². The van der Waals surface area contributed by atoms with Crippen molar-refractivity contribution in [2.45, 2.75) is 59.0 Å². The van der Waals surface area contributed by atoms with E-state index in [9.17, 15) is 13.2 Å². The number of rotatable bonds is 6. The normalized spacial score (nSPS) is 13.2. The fourth-order valence-corrected chi connectivity index (χ4v) is 2.76. The van der Waals surface area contributed by atoms with Crippen LogP contribution in [0.15, 0.2) is 0 Å². The van der Waals surface area contributed by atoms with Crippen molar-refractivity contribution in [1.82, 2.24) is 10.3 Å². The van der Waals surface area contributed by atoms with Crippen LogP contribution in [-0.4, -0.2) is 17.6 Å². The van der Waals surface area contributed by atoms with Crippen LogP contribution in [0.5, 0.6) is 0 Å². The van der Waals surface area contributed by atoms with Crippen molar-refractivity contribution in [3.63, 3.8) is 0 Å². The maximum Gasteiger partial charge on any atom is 0.434 e. The van der Waals surface area contributed by atoms with Gasteiger partial charge in [-0.15, -0.1) is 11.3 Å². The first kappa shape index (κ1) is 17.4. The molecule has 0 saturated heterocycles. The molecular weight excluding hydrogens is 289 g/mol. The molecule has 0 radical (unpaired) electrons. The standard InChI is InChI=1S/C13H21F3N2OS/c1-6-19-12(4,5)11-18-10(13(14,15)16)9(20-11)7-17-8(2)3/h8,17H,6-7H2,1-5H3. The third-order valence-electron chi connectivity index (χ3n) is 2.66. The van der Waals surface area contributed by atoms with E-state index < -0.39 is 17.5 Å². The Morgan fingerprint density at radius 1 is 1.30 bits per heavy atom. The van der Waals surface area contributed by atoms with E-state index in [0.29, 0.717) is 11.6 Å². The van der Waals surface area contributed by atoms with Gasteiger partial charge in [0.25, 0.3) is 0 Å². The molecule has 0 aliphatic heterocycles. The van der Waals surface area contributed by atoms with Crippen molar-refractivity contribution in [2.75, 3.05) is 6.61 Å². The van der Waals surface area contributed by atoms with E-state index in [-0.39, 0.29) is 17.5 Å². The summed E-state index contributed by atoms with van der Waals surface area (Å²) in [4.78, 5) is 3.98. The molecular formula is C13H21F3N2OS. The molecule has 3 nitrogen and oxygen atoms in total. The molecule has 1 aromatic rings. The summed E-state index contributed by atoms with van der Waals surface area (Å²) in [5, 5.41) is 3.35. The van der Waals surface area contributed by atoms with E-state index in [4.69, 9.17) is 4.74 Å². The maximum atomic E-state index is 13.0. The molecule has 0 aromatic carbocycles. The molecule has 1 N–H and O–H groups in total. The lowest BCUT2D eigenvalue weighted by atomic mass is 10.1. The van der Waals surface area contributed by atoms with Crippen LogP contribution in [0.2, 0.25) is 0 Å². The minimum Gasteiger partial charge on any atom is -0.369 e. The highest BCUT2D eigenvalue weighted by atomic mass is 32.1. The fourth-order valence-electron chi connectivity index (χ4n) is 1.67. The highest BCUT2D eigenvalue weighted by molar-refractivity contribution is 7.11. The molecule has 0 spiro atoms. The minimum absolute atomic E-state index is 0.113. The summed E-state index contributed by atoms with van der Waals surface area (Å²) in [6.07, 6.45) is -4.44. The van der Waals surface area contributed by atoms with E-state index in [1.54, 1.807) is 20.8 Å². The Bertz CT molecular complexity index is 441. The van der Waals surface area contributed by atoms with Gasteiger partial charge in [0.1, 0.15) is 10.6 Å². The van der Waals surface area contributed by atoms with Crippen LogP contribution < -0.4 is 5.32 Å². The van der Waals surface area contributed by atoms with Crippen molar-refractivity contribution in [2.24, 2.45) is 0 Å². The van der Waals surface area contributed by atoms with Gasteiger partial charge in [-0.2, -0.15) is 13.2 Å². The molecule has 7 heteroatoms. The molecule has 0 saturated carbocycles. The number of thiazole rings is 1. The van der Waals surface area contributed by atoms with Gasteiger partial charge in [0.15, 0.2) is 5.69 Å².